The Bertz CT molecular complexity index is 773. The molecule has 4 aliphatic rings. The fraction of sp³-hybridized carbons (Fsp3) is 0.963. The third kappa shape index (κ3) is 3.50. The van der Waals surface area contributed by atoms with E-state index in [1.807, 2.05) is 11.6 Å². The molecule has 0 amide bonds. The van der Waals surface area contributed by atoms with Gasteiger partial charge in [0.05, 0.1) is 0 Å². The second-order valence-corrected chi connectivity index (χ2v) is 12.7. The van der Waals surface area contributed by atoms with Crippen molar-refractivity contribution in [2.75, 3.05) is 0 Å². The first-order valence-corrected chi connectivity index (χ1v) is 13.6. The van der Waals surface area contributed by atoms with Gasteiger partial charge in [-0.2, -0.15) is 0 Å². The summed E-state index contributed by atoms with van der Waals surface area (Å²) in [6.45, 7) is 13.3. The average Bonchev–Trinajstić information content (AvgIpc) is 3.31. The number of aromatic nitrogens is 4. The first-order valence-electron chi connectivity index (χ1n) is 13.6. The lowest BCUT2D eigenvalue weighted by Crippen LogP contribution is -2.53. The number of rotatable bonds is 5. The molecule has 31 heavy (non-hydrogen) atoms. The van der Waals surface area contributed by atoms with Gasteiger partial charge in [0.2, 0.25) is 0 Å². The van der Waals surface area contributed by atoms with Crippen LogP contribution in [0.25, 0.3) is 0 Å². The molecule has 5 rings (SSSR count). The molecule has 0 radical (unpaired) electrons. The predicted octanol–water partition coefficient (Wildman–Crippen LogP) is 6.69. The van der Waals surface area contributed by atoms with Crippen LogP contribution < -0.4 is 0 Å². The molecule has 0 bridgehead atoms. The molecule has 1 aromatic heterocycles. The van der Waals surface area contributed by atoms with Crippen molar-refractivity contribution in [3.8, 4) is 0 Å². The van der Waals surface area contributed by atoms with Crippen molar-refractivity contribution in [3.63, 3.8) is 0 Å². The second-order valence-electron chi connectivity index (χ2n) is 12.7. The summed E-state index contributed by atoms with van der Waals surface area (Å²) in [5.74, 6) is 7.44. The Hall–Kier alpha value is -0.930. The molecule has 4 heteroatoms. The Balaban J connectivity index is 1.31. The highest BCUT2D eigenvalue weighted by atomic mass is 15.5. The van der Waals surface area contributed by atoms with E-state index in [0.29, 0.717) is 16.7 Å². The van der Waals surface area contributed by atoms with Crippen molar-refractivity contribution in [2.45, 2.75) is 112 Å². The molecule has 0 saturated heterocycles. The lowest BCUT2D eigenvalue weighted by Gasteiger charge is -2.61. The maximum absolute atomic E-state index is 4.25. The second kappa shape index (κ2) is 8.13. The monoisotopic (exact) mass is 426 g/mol. The first kappa shape index (κ1) is 21.9. The van der Waals surface area contributed by atoms with Crippen LogP contribution in [0, 0.1) is 59.2 Å². The van der Waals surface area contributed by atoms with Gasteiger partial charge >= 0.3 is 0 Å². The lowest BCUT2D eigenvalue weighted by atomic mass is 9.44. The summed E-state index contributed by atoms with van der Waals surface area (Å²) in [4.78, 5) is 0. The van der Waals surface area contributed by atoms with Crippen LogP contribution >= 0.6 is 0 Å². The summed E-state index contributed by atoms with van der Waals surface area (Å²) >= 11 is 0. The molecule has 0 spiro atoms. The number of hydrogen-bond donors (Lipinski definition) is 0. The van der Waals surface area contributed by atoms with Gasteiger partial charge in [0, 0.05) is 6.54 Å². The van der Waals surface area contributed by atoms with Gasteiger partial charge in [0.1, 0.15) is 5.82 Å². The lowest BCUT2D eigenvalue weighted by molar-refractivity contribution is -0.121. The first-order chi connectivity index (χ1) is 14.9. The minimum Gasteiger partial charge on any atom is -0.230 e. The SMILES string of the molecule is CCC[C@H]1CC[C@]2(C)C3CC[C@@]4(C)C(CCC4[C@@H](C)Cn4nnnc4C)[C@@H]3CC[C@@H]2C1. The van der Waals surface area contributed by atoms with Crippen molar-refractivity contribution >= 4 is 0 Å². The van der Waals surface area contributed by atoms with E-state index in [4.69, 9.17) is 0 Å². The maximum atomic E-state index is 4.25. The number of tetrazole rings is 1. The molecule has 4 fully saturated rings. The molecule has 174 valence electrons. The van der Waals surface area contributed by atoms with Gasteiger partial charge in [-0.3, -0.25) is 0 Å². The topological polar surface area (TPSA) is 43.6 Å². The smallest absolute Gasteiger partial charge is 0.148 e. The van der Waals surface area contributed by atoms with E-state index in [1.54, 1.807) is 6.42 Å². The maximum Gasteiger partial charge on any atom is 0.148 e. The third-order valence-electron chi connectivity index (χ3n) is 11.4. The Kier molecular flexibility index (Phi) is 5.74. The Morgan fingerprint density at radius 2 is 1.77 bits per heavy atom. The van der Waals surface area contributed by atoms with Gasteiger partial charge in [-0.15, -0.1) is 5.10 Å². The number of hydrogen-bond acceptors (Lipinski definition) is 3. The van der Waals surface area contributed by atoms with Crippen LogP contribution in [-0.2, 0) is 6.54 Å². The summed E-state index contributed by atoms with van der Waals surface area (Å²) < 4.78 is 2.04. The van der Waals surface area contributed by atoms with E-state index in [-0.39, 0.29) is 0 Å². The minimum absolute atomic E-state index is 0.533. The Morgan fingerprint density at radius 3 is 2.52 bits per heavy atom. The molecule has 0 aromatic carbocycles. The molecular weight excluding hydrogens is 380 g/mol. The molecule has 4 aliphatic carbocycles. The van der Waals surface area contributed by atoms with E-state index >= 15 is 0 Å². The van der Waals surface area contributed by atoms with Crippen molar-refractivity contribution in [2.24, 2.45) is 52.3 Å². The highest BCUT2D eigenvalue weighted by molar-refractivity contribution is 5.09. The standard InChI is InChI=1S/C27H46N4/c1-6-7-20-12-14-26(4)21(16-20)8-9-22-24-11-10-23(27(24,5)15-13-25(22)26)18(2)17-31-19(3)28-29-30-31/h18,20-25H,6-17H2,1-5H3/t18-,20-,21+,22-,23?,24?,25?,26-,27+/m0/s1. The number of fused-ring (bicyclic) bond motifs is 5. The van der Waals surface area contributed by atoms with Gasteiger partial charge in [-0.1, -0.05) is 40.5 Å². The Labute approximate surface area is 190 Å². The van der Waals surface area contributed by atoms with Crippen molar-refractivity contribution in [1.29, 1.82) is 0 Å². The Morgan fingerprint density at radius 1 is 1.00 bits per heavy atom. The highest BCUT2D eigenvalue weighted by Crippen LogP contribution is 2.68. The molecular formula is C27H46N4. The van der Waals surface area contributed by atoms with Gasteiger partial charge in [0.25, 0.3) is 0 Å². The van der Waals surface area contributed by atoms with Gasteiger partial charge in [-0.25, -0.2) is 4.68 Å². The number of aryl methyl sites for hydroxylation is 1. The van der Waals surface area contributed by atoms with E-state index in [2.05, 4.69) is 43.2 Å². The molecule has 4 nitrogen and oxygen atoms in total. The van der Waals surface area contributed by atoms with E-state index in [0.717, 1.165) is 47.9 Å². The molecule has 0 aliphatic heterocycles. The van der Waals surface area contributed by atoms with Crippen LogP contribution in [0.3, 0.4) is 0 Å². The van der Waals surface area contributed by atoms with Crippen LogP contribution in [0.2, 0.25) is 0 Å². The van der Waals surface area contributed by atoms with Crippen LogP contribution in [0.15, 0.2) is 0 Å². The largest absolute Gasteiger partial charge is 0.230 e. The average molecular weight is 427 g/mol. The van der Waals surface area contributed by atoms with E-state index in [1.165, 1.54) is 64.2 Å². The highest BCUT2D eigenvalue weighted by Gasteiger charge is 2.60. The van der Waals surface area contributed by atoms with Crippen LogP contribution in [0.1, 0.15) is 104 Å². The zero-order valence-electron chi connectivity index (χ0n) is 20.8. The molecule has 9 atom stereocenters. The van der Waals surface area contributed by atoms with E-state index in [9.17, 15) is 0 Å². The quantitative estimate of drug-likeness (QED) is 0.526. The van der Waals surface area contributed by atoms with E-state index < -0.39 is 0 Å². The van der Waals surface area contributed by atoms with Crippen LogP contribution in [0.4, 0.5) is 0 Å². The molecule has 3 unspecified atom stereocenters. The summed E-state index contributed by atoms with van der Waals surface area (Å²) in [6, 6.07) is 0. The van der Waals surface area contributed by atoms with Crippen molar-refractivity contribution in [1.82, 2.24) is 20.2 Å². The van der Waals surface area contributed by atoms with Crippen LogP contribution in [0.5, 0.6) is 0 Å². The summed E-state index contributed by atoms with van der Waals surface area (Å²) in [6.07, 6.45) is 16.3. The number of nitrogens with zero attached hydrogens (tertiary/aromatic N) is 4. The zero-order valence-corrected chi connectivity index (χ0v) is 20.8. The third-order valence-corrected chi connectivity index (χ3v) is 11.4. The zero-order chi connectivity index (χ0) is 21.8. The summed E-state index contributed by atoms with van der Waals surface area (Å²) in [5, 5.41) is 12.2. The van der Waals surface area contributed by atoms with Gasteiger partial charge < -0.3 is 0 Å². The van der Waals surface area contributed by atoms with Gasteiger partial charge in [-0.05, 0) is 127 Å². The fourth-order valence-electron chi connectivity index (χ4n) is 9.81. The minimum atomic E-state index is 0.533. The summed E-state index contributed by atoms with van der Waals surface area (Å²) in [7, 11) is 0. The van der Waals surface area contributed by atoms with Crippen molar-refractivity contribution in [3.05, 3.63) is 5.82 Å². The summed E-state index contributed by atoms with van der Waals surface area (Å²) in [5.41, 5.74) is 1.17. The molecule has 1 heterocycles. The normalized spacial score (nSPS) is 45.6. The van der Waals surface area contributed by atoms with Crippen LogP contribution in [-0.4, -0.2) is 20.2 Å². The molecule has 0 N–H and O–H groups in total. The molecule has 4 saturated carbocycles. The van der Waals surface area contributed by atoms with Gasteiger partial charge in [0.15, 0.2) is 0 Å². The molecule has 1 aromatic rings. The predicted molar refractivity (Wildman–Crippen MR) is 125 cm³/mol. The fourth-order valence-corrected chi connectivity index (χ4v) is 9.81. The van der Waals surface area contributed by atoms with Crippen molar-refractivity contribution < 1.29 is 0 Å².